The summed E-state index contributed by atoms with van der Waals surface area (Å²) in [6.45, 7) is 30.4. The third-order valence-corrected chi connectivity index (χ3v) is 18.8. The lowest BCUT2D eigenvalue weighted by molar-refractivity contribution is 0.0828. The van der Waals surface area contributed by atoms with Crippen molar-refractivity contribution < 1.29 is 14.0 Å². The van der Waals surface area contributed by atoms with E-state index in [-0.39, 0.29) is 10.1 Å². The molecular formula is C38H60O3Si2. The predicted molar refractivity (Wildman–Crippen MR) is 194 cm³/mol. The van der Waals surface area contributed by atoms with Gasteiger partial charge in [0.25, 0.3) is 0 Å². The van der Waals surface area contributed by atoms with Crippen LogP contribution in [0, 0.1) is 0 Å². The van der Waals surface area contributed by atoms with Gasteiger partial charge in [-0.15, -0.1) is 0 Å². The van der Waals surface area contributed by atoms with Crippen LogP contribution in [0.3, 0.4) is 0 Å². The van der Waals surface area contributed by atoms with Gasteiger partial charge >= 0.3 is 0 Å². The van der Waals surface area contributed by atoms with Crippen LogP contribution in [0.2, 0.25) is 36.3 Å². The first-order valence-corrected chi connectivity index (χ1v) is 21.8. The molecule has 2 aromatic carbocycles. The van der Waals surface area contributed by atoms with Crippen LogP contribution in [0.4, 0.5) is 0 Å². The Morgan fingerprint density at radius 3 is 1.77 bits per heavy atom. The maximum Gasteiger partial charge on any atom is 0.192 e. The fourth-order valence-electron chi connectivity index (χ4n) is 4.01. The molecular weight excluding hydrogens is 561 g/mol. The Labute approximate surface area is 266 Å². The molecule has 0 saturated heterocycles. The van der Waals surface area contributed by atoms with Gasteiger partial charge in [0.15, 0.2) is 16.6 Å². The Hall–Kier alpha value is -2.03. The van der Waals surface area contributed by atoms with Crippen molar-refractivity contribution in [1.82, 2.24) is 0 Å². The molecule has 0 aliphatic rings. The van der Waals surface area contributed by atoms with Crippen LogP contribution in [0.25, 0.3) is 17.7 Å². The number of hydrogen-bond donors (Lipinski definition) is 1. The molecule has 0 heterocycles. The number of rotatable bonds is 13. The summed E-state index contributed by atoms with van der Waals surface area (Å²) in [5.41, 5.74) is 6.34. The number of aliphatic hydroxyl groups is 1. The molecule has 5 heteroatoms. The molecule has 1 N–H and O–H groups in total. The molecule has 0 aliphatic carbocycles. The van der Waals surface area contributed by atoms with Crippen LogP contribution in [0.5, 0.6) is 0 Å². The monoisotopic (exact) mass is 620 g/mol. The van der Waals surface area contributed by atoms with E-state index in [0.717, 1.165) is 16.7 Å². The number of benzene rings is 2. The normalized spacial score (nSPS) is 14.3. The minimum absolute atomic E-state index is 0.156. The van der Waals surface area contributed by atoms with E-state index in [1.807, 2.05) is 26.0 Å². The molecule has 0 unspecified atom stereocenters. The van der Waals surface area contributed by atoms with E-state index >= 15 is 0 Å². The van der Waals surface area contributed by atoms with E-state index in [2.05, 4.69) is 135 Å². The highest BCUT2D eigenvalue weighted by Crippen LogP contribution is 2.39. The second-order valence-corrected chi connectivity index (χ2v) is 24.7. The fourth-order valence-corrected chi connectivity index (χ4v) is 5.91. The average molecular weight is 621 g/mol. The van der Waals surface area contributed by atoms with E-state index < -0.39 is 22.2 Å². The van der Waals surface area contributed by atoms with Crippen molar-refractivity contribution in [3.63, 3.8) is 0 Å². The zero-order chi connectivity index (χ0) is 32.7. The quantitative estimate of drug-likeness (QED) is 0.137. The van der Waals surface area contributed by atoms with Crippen LogP contribution in [0.15, 0.2) is 60.7 Å². The van der Waals surface area contributed by atoms with E-state index in [9.17, 15) is 5.11 Å². The third-order valence-electron chi connectivity index (χ3n) is 9.81. The lowest BCUT2D eigenvalue weighted by Crippen LogP contribution is -2.41. The molecule has 0 bridgehead atoms. The summed E-state index contributed by atoms with van der Waals surface area (Å²) in [4.78, 5) is 0. The second-order valence-electron chi connectivity index (χ2n) is 15.1. The third kappa shape index (κ3) is 10.8. The van der Waals surface area contributed by atoms with Crippen molar-refractivity contribution in [1.29, 1.82) is 0 Å². The zero-order valence-electron chi connectivity index (χ0n) is 29.5. The van der Waals surface area contributed by atoms with E-state index in [1.54, 1.807) is 0 Å². The lowest BCUT2D eigenvalue weighted by Gasteiger charge is -2.37. The highest BCUT2D eigenvalue weighted by Gasteiger charge is 2.38. The zero-order valence-corrected chi connectivity index (χ0v) is 31.5. The molecule has 0 amide bonds. The van der Waals surface area contributed by atoms with Gasteiger partial charge in [-0.2, -0.15) is 0 Å². The van der Waals surface area contributed by atoms with Gasteiger partial charge in [-0.25, -0.2) is 0 Å². The minimum atomic E-state index is -1.90. The van der Waals surface area contributed by atoms with Gasteiger partial charge < -0.3 is 14.0 Å². The molecule has 2 rings (SSSR count). The van der Waals surface area contributed by atoms with Gasteiger partial charge in [-0.1, -0.05) is 116 Å². The Balaban J connectivity index is 2.34. The maximum atomic E-state index is 10.5. The topological polar surface area (TPSA) is 38.7 Å². The second kappa shape index (κ2) is 14.8. The summed E-state index contributed by atoms with van der Waals surface area (Å²) >= 11 is 0. The van der Waals surface area contributed by atoms with E-state index in [4.69, 9.17) is 8.85 Å². The Morgan fingerprint density at radius 1 is 0.744 bits per heavy atom. The van der Waals surface area contributed by atoms with Crippen molar-refractivity contribution in [2.75, 3.05) is 0 Å². The Kier molecular flexibility index (Phi) is 12.8. The van der Waals surface area contributed by atoms with Crippen LogP contribution >= 0.6 is 0 Å². The standard InChI is InChI=1S/C38H60O3Si2/c1-14-38(39,15-2)25-17-18-30(3)33-20-16-19-31(26-33)21-22-32-23-24-34(28-40-42(10,11)36(4,5)6)35(27-32)29-41-43(12,13)37(7,8)9/h16-27,39H,14-15,28-29H2,1-13H3/b22-21?,25-17+,30-18-. The van der Waals surface area contributed by atoms with Crippen LogP contribution in [-0.4, -0.2) is 27.3 Å². The van der Waals surface area contributed by atoms with Crippen molar-refractivity contribution in [3.8, 4) is 0 Å². The average Bonchev–Trinajstić information content (AvgIpc) is 2.93. The summed E-state index contributed by atoms with van der Waals surface area (Å²) in [5.74, 6) is 0. The summed E-state index contributed by atoms with van der Waals surface area (Å²) in [5, 5.41) is 10.9. The highest BCUT2D eigenvalue weighted by atomic mass is 28.4. The van der Waals surface area contributed by atoms with Crippen LogP contribution < -0.4 is 0 Å². The van der Waals surface area contributed by atoms with Crippen molar-refractivity contribution >= 4 is 34.4 Å². The number of hydrogen-bond acceptors (Lipinski definition) is 3. The molecule has 0 radical (unpaired) electrons. The van der Waals surface area contributed by atoms with Crippen molar-refractivity contribution in [2.45, 2.75) is 130 Å². The van der Waals surface area contributed by atoms with Crippen molar-refractivity contribution in [2.24, 2.45) is 0 Å². The lowest BCUT2D eigenvalue weighted by atomic mass is 9.96. The van der Waals surface area contributed by atoms with Gasteiger partial charge in [0, 0.05) is 0 Å². The van der Waals surface area contributed by atoms with Gasteiger partial charge in [-0.05, 0) is 102 Å². The molecule has 238 valence electrons. The van der Waals surface area contributed by atoms with E-state index in [1.165, 1.54) is 16.7 Å². The first-order valence-electron chi connectivity index (χ1n) is 16.0. The maximum absolute atomic E-state index is 10.5. The van der Waals surface area contributed by atoms with E-state index in [0.29, 0.717) is 26.1 Å². The van der Waals surface area contributed by atoms with Gasteiger partial charge in [0.05, 0.1) is 18.8 Å². The molecule has 0 spiro atoms. The van der Waals surface area contributed by atoms with Gasteiger partial charge in [0.1, 0.15) is 0 Å². The molecule has 0 saturated carbocycles. The Morgan fingerprint density at radius 2 is 1.26 bits per heavy atom. The molecule has 0 aliphatic heterocycles. The summed E-state index contributed by atoms with van der Waals surface area (Å²) < 4.78 is 13.3. The minimum Gasteiger partial charge on any atom is -0.413 e. The van der Waals surface area contributed by atoms with Crippen LogP contribution in [0.1, 0.15) is 103 Å². The molecule has 0 atom stereocenters. The Bertz CT molecular complexity index is 1280. The summed E-state index contributed by atoms with van der Waals surface area (Å²) in [6.07, 6.45) is 11.8. The largest absolute Gasteiger partial charge is 0.413 e. The smallest absolute Gasteiger partial charge is 0.192 e. The summed E-state index contributed by atoms with van der Waals surface area (Å²) in [6, 6.07) is 15.3. The summed E-state index contributed by atoms with van der Waals surface area (Å²) in [7, 11) is -3.78. The van der Waals surface area contributed by atoms with Gasteiger partial charge in [0.2, 0.25) is 0 Å². The molecule has 3 nitrogen and oxygen atoms in total. The van der Waals surface area contributed by atoms with Gasteiger partial charge in [-0.3, -0.25) is 0 Å². The molecule has 0 aromatic heterocycles. The first kappa shape index (κ1) is 37.2. The predicted octanol–water partition coefficient (Wildman–Crippen LogP) is 11.4. The highest BCUT2D eigenvalue weighted by molar-refractivity contribution is 6.74. The molecule has 0 fully saturated rings. The van der Waals surface area contributed by atoms with Crippen molar-refractivity contribution in [3.05, 3.63) is 88.5 Å². The van der Waals surface area contributed by atoms with Crippen LogP contribution in [-0.2, 0) is 22.1 Å². The molecule has 43 heavy (non-hydrogen) atoms. The number of allylic oxidation sites excluding steroid dienone is 3. The first-order chi connectivity index (χ1) is 19.7. The molecule has 2 aromatic rings. The SMILES string of the molecule is CCC(O)(/C=C/C=C(/C)c1cccc(C=Cc2ccc(CO[Si](C)(C)C(C)(C)C)c(CO[Si](C)(C)C(C)(C)C)c2)c1)CC. The fraction of sp³-hybridized carbons (Fsp3) is 0.526.